The molecule has 0 unspecified atom stereocenters. The number of nitrogens with zero attached hydrogens (tertiary/aromatic N) is 4. The Morgan fingerprint density at radius 1 is 0.411 bits per heavy atom. The quantitative estimate of drug-likeness (QED) is 0.171. The van der Waals surface area contributed by atoms with Gasteiger partial charge in [-0.3, -0.25) is 0 Å². The Balaban J connectivity index is 1.28. The number of aromatic nitrogens is 4. The fraction of sp³-hybridized carbons (Fsp3) is 0. The van der Waals surface area contributed by atoms with Crippen LogP contribution in [0.4, 0.5) is 0 Å². The molecule has 11 aromatic rings. The molecule has 3 aromatic heterocycles. The molecule has 0 atom stereocenters. The van der Waals surface area contributed by atoms with Crippen molar-refractivity contribution in [2.75, 3.05) is 0 Å². The number of benzene rings is 8. The van der Waals surface area contributed by atoms with Crippen LogP contribution in [0.5, 0.6) is 0 Å². The number of fused-ring (bicyclic) bond motifs is 6. The van der Waals surface area contributed by atoms with Crippen molar-refractivity contribution < 1.29 is 15.4 Å². The highest BCUT2D eigenvalue weighted by Crippen LogP contribution is 2.42. The summed E-state index contributed by atoms with van der Waals surface area (Å²) in [6.07, 6.45) is 0. The van der Waals surface area contributed by atoms with Gasteiger partial charge in [-0.15, -0.1) is 0 Å². The topological polar surface area (TPSA) is 56.7 Å². The molecule has 0 aliphatic rings. The maximum absolute atomic E-state index is 9.37. The van der Waals surface area contributed by atoms with E-state index in [-0.39, 0.29) is 27.6 Å². The van der Waals surface area contributed by atoms with Gasteiger partial charge in [0.05, 0.1) is 27.7 Å². The lowest BCUT2D eigenvalue weighted by Gasteiger charge is -2.17. The van der Waals surface area contributed by atoms with E-state index in [1.54, 1.807) is 0 Å². The molecular formula is C51H32N4O. The maximum atomic E-state index is 9.37. The van der Waals surface area contributed by atoms with E-state index in [9.17, 15) is 2.74 Å². The molecule has 5 heteroatoms. The molecule has 5 nitrogen and oxygen atoms in total. The Hall–Kier alpha value is -7.63. The summed E-state index contributed by atoms with van der Waals surface area (Å²) in [4.78, 5) is 15.0. The molecule has 0 fully saturated rings. The fourth-order valence-electron chi connectivity index (χ4n) is 7.54. The Bertz CT molecular complexity index is 3570. The van der Waals surface area contributed by atoms with Gasteiger partial charge in [0.15, 0.2) is 17.5 Å². The number of furan rings is 1. The lowest BCUT2D eigenvalue weighted by molar-refractivity contribution is 0.669. The van der Waals surface area contributed by atoms with Crippen LogP contribution in [0.3, 0.4) is 0 Å². The van der Waals surface area contributed by atoms with Gasteiger partial charge in [0, 0.05) is 38.2 Å². The SMILES string of the molecule is [2H]c1c([2H])c([2H])c2c(c1[2H])c1c([2H])c([2H])c([2H])c([2H])c1n2-c1cc(-c2cccc3oc4ccc(-c5ccccc5)cc4c23)ccc1-c1nc(-c2ccccc2)nc(-c2ccccc2)n1. The molecule has 0 radical (unpaired) electrons. The van der Waals surface area contributed by atoms with E-state index in [1.165, 1.54) is 4.57 Å². The largest absolute Gasteiger partial charge is 0.456 e. The first-order chi connectivity index (χ1) is 31.1. The minimum Gasteiger partial charge on any atom is -0.456 e. The Morgan fingerprint density at radius 3 is 1.62 bits per heavy atom. The van der Waals surface area contributed by atoms with E-state index < -0.39 is 48.3 Å². The molecule has 0 bridgehead atoms. The normalized spacial score (nSPS) is 13.6. The van der Waals surface area contributed by atoms with E-state index in [4.69, 9.17) is 27.6 Å². The lowest BCUT2D eigenvalue weighted by Crippen LogP contribution is -2.04. The van der Waals surface area contributed by atoms with E-state index in [0.717, 1.165) is 38.6 Å². The van der Waals surface area contributed by atoms with E-state index >= 15 is 0 Å². The minimum absolute atomic E-state index is 0.0218. The van der Waals surface area contributed by atoms with Crippen LogP contribution < -0.4 is 0 Å². The average molecular weight is 725 g/mol. The van der Waals surface area contributed by atoms with Gasteiger partial charge in [0.25, 0.3) is 0 Å². The van der Waals surface area contributed by atoms with Crippen molar-refractivity contribution >= 4 is 43.7 Å². The van der Waals surface area contributed by atoms with Crippen molar-refractivity contribution in [1.29, 1.82) is 0 Å². The monoisotopic (exact) mass is 724 g/mol. The molecule has 0 aliphatic carbocycles. The molecule has 0 saturated heterocycles. The summed E-state index contributed by atoms with van der Waals surface area (Å²) >= 11 is 0. The molecule has 8 aromatic carbocycles. The Labute approximate surface area is 334 Å². The molecule has 11 rings (SSSR count). The predicted molar refractivity (Wildman–Crippen MR) is 229 cm³/mol. The van der Waals surface area contributed by atoms with Crippen LogP contribution in [0.25, 0.3) is 106 Å². The highest BCUT2D eigenvalue weighted by atomic mass is 16.3. The third-order valence-corrected chi connectivity index (χ3v) is 10.1. The van der Waals surface area contributed by atoms with Gasteiger partial charge in [-0.25, -0.2) is 15.0 Å². The number of para-hydroxylation sites is 2. The van der Waals surface area contributed by atoms with E-state index in [1.807, 2.05) is 127 Å². The van der Waals surface area contributed by atoms with Crippen LogP contribution in [-0.2, 0) is 0 Å². The standard InChI is InChI=1S/C51H32N4O/c1-4-15-33(16-5-1)36-28-30-46-42(31-36)48-38(23-14-26-47(48)56-46)37-27-29-41(45(32-37)55-43-24-12-10-21-39(43)40-22-11-13-25-44(40)55)51-53-49(34-17-6-2-7-18-34)52-50(54-51)35-19-8-3-9-20-35/h1-32H/i10D,11D,12D,13D,21D,22D,24D,25D. The van der Waals surface area contributed by atoms with Gasteiger partial charge in [-0.2, -0.15) is 0 Å². The summed E-state index contributed by atoms with van der Waals surface area (Å²) < 4.78 is 80.0. The van der Waals surface area contributed by atoms with Crippen molar-refractivity contribution in [1.82, 2.24) is 19.5 Å². The highest BCUT2D eigenvalue weighted by Gasteiger charge is 2.21. The highest BCUT2D eigenvalue weighted by molar-refractivity contribution is 6.14. The van der Waals surface area contributed by atoms with Crippen LogP contribution in [-0.4, -0.2) is 19.5 Å². The van der Waals surface area contributed by atoms with Crippen molar-refractivity contribution in [3.8, 4) is 62.1 Å². The zero-order chi connectivity index (χ0) is 44.0. The second-order valence-electron chi connectivity index (χ2n) is 13.4. The van der Waals surface area contributed by atoms with Gasteiger partial charge >= 0.3 is 0 Å². The van der Waals surface area contributed by atoms with Crippen molar-refractivity contribution in [2.24, 2.45) is 0 Å². The molecule has 0 N–H and O–H groups in total. The molecule has 0 amide bonds. The van der Waals surface area contributed by atoms with Crippen LogP contribution in [0, 0.1) is 0 Å². The summed E-state index contributed by atoms with van der Waals surface area (Å²) in [7, 11) is 0. The third kappa shape index (κ3) is 5.29. The smallest absolute Gasteiger partial charge is 0.166 e. The van der Waals surface area contributed by atoms with E-state index in [2.05, 4.69) is 18.2 Å². The molecule has 262 valence electrons. The zero-order valence-electron chi connectivity index (χ0n) is 37.6. The predicted octanol–water partition coefficient (Wildman–Crippen LogP) is 13.2. The fourth-order valence-corrected chi connectivity index (χ4v) is 7.54. The third-order valence-electron chi connectivity index (χ3n) is 10.1. The second-order valence-corrected chi connectivity index (χ2v) is 13.4. The van der Waals surface area contributed by atoms with Crippen molar-refractivity contribution in [2.45, 2.75) is 0 Å². The first kappa shape index (κ1) is 24.6. The second kappa shape index (κ2) is 13.0. The van der Waals surface area contributed by atoms with Crippen molar-refractivity contribution in [3.05, 3.63) is 194 Å². The van der Waals surface area contributed by atoms with Crippen molar-refractivity contribution in [3.63, 3.8) is 0 Å². The summed E-state index contributed by atoms with van der Waals surface area (Å²) in [6.45, 7) is 0. The minimum atomic E-state index is -0.524. The van der Waals surface area contributed by atoms with Crippen LogP contribution in [0.1, 0.15) is 11.0 Å². The van der Waals surface area contributed by atoms with Gasteiger partial charge < -0.3 is 8.98 Å². The summed E-state index contributed by atoms with van der Waals surface area (Å²) in [5.74, 6) is 0.995. The number of hydrogen-bond donors (Lipinski definition) is 0. The van der Waals surface area contributed by atoms with Crippen LogP contribution >= 0.6 is 0 Å². The van der Waals surface area contributed by atoms with Gasteiger partial charge in [-0.05, 0) is 64.7 Å². The maximum Gasteiger partial charge on any atom is 0.166 e. The first-order valence-corrected chi connectivity index (χ1v) is 18.1. The van der Waals surface area contributed by atoms with Crippen LogP contribution in [0.15, 0.2) is 198 Å². The zero-order valence-corrected chi connectivity index (χ0v) is 29.6. The average Bonchev–Trinajstić information content (AvgIpc) is 3.91. The summed E-state index contributed by atoms with van der Waals surface area (Å²) in [5.41, 5.74) is 7.03. The molecular weight excluding hydrogens is 685 g/mol. The van der Waals surface area contributed by atoms with E-state index in [0.29, 0.717) is 39.6 Å². The Kier molecular flexibility index (Phi) is 5.74. The molecule has 0 spiro atoms. The summed E-state index contributed by atoms with van der Waals surface area (Å²) in [5, 5.41) is 1.66. The summed E-state index contributed by atoms with van der Waals surface area (Å²) in [6, 6.07) is 42.8. The molecule has 56 heavy (non-hydrogen) atoms. The molecule has 0 aliphatic heterocycles. The molecule has 3 heterocycles. The first-order valence-electron chi connectivity index (χ1n) is 22.1. The molecule has 0 saturated carbocycles. The van der Waals surface area contributed by atoms with Gasteiger partial charge in [0.1, 0.15) is 11.2 Å². The lowest BCUT2D eigenvalue weighted by atomic mass is 9.96. The van der Waals surface area contributed by atoms with Gasteiger partial charge in [0.2, 0.25) is 0 Å². The van der Waals surface area contributed by atoms with Crippen LogP contribution in [0.2, 0.25) is 0 Å². The number of rotatable bonds is 6. The number of hydrogen-bond acceptors (Lipinski definition) is 4. The van der Waals surface area contributed by atoms with Gasteiger partial charge in [-0.1, -0.05) is 152 Å². The Morgan fingerprint density at radius 2 is 0.982 bits per heavy atom.